The van der Waals surface area contributed by atoms with Crippen LogP contribution in [0, 0.1) is 12.7 Å². The van der Waals surface area contributed by atoms with Crippen LogP contribution in [-0.4, -0.2) is 20.9 Å². The second-order valence-electron chi connectivity index (χ2n) is 5.31. The predicted molar refractivity (Wildman–Crippen MR) is 98.1 cm³/mol. The van der Waals surface area contributed by atoms with E-state index in [0.29, 0.717) is 21.4 Å². The number of aromatic nitrogens is 3. The molecule has 26 heavy (non-hydrogen) atoms. The molecular formula is C17H12Cl2FN3O2S. The fourth-order valence-electron chi connectivity index (χ4n) is 2.28. The number of ether oxygens (including phenoxy) is 1. The number of carbonyl (C=O) groups excluding carboxylic acids is 1. The Bertz CT molecular complexity index is 966. The molecular weight excluding hydrogens is 400 g/mol. The standard InChI is InChI=1S/C17H12Cl2FN3O2S/c1-8-14(26-16(23-8)15-21-6-3-7-22-15)17(24)25-9(2)12-10(18)4-5-11(20)13(12)19/h3-7,9H,1-2H3. The number of benzene rings is 1. The van der Waals surface area contributed by atoms with Gasteiger partial charge in [-0.05, 0) is 32.0 Å². The van der Waals surface area contributed by atoms with E-state index in [1.54, 1.807) is 32.3 Å². The van der Waals surface area contributed by atoms with E-state index in [-0.39, 0.29) is 15.6 Å². The number of hydrogen-bond acceptors (Lipinski definition) is 6. The summed E-state index contributed by atoms with van der Waals surface area (Å²) in [5.74, 6) is -0.818. The maximum atomic E-state index is 13.7. The number of nitrogens with zero attached hydrogens (tertiary/aromatic N) is 3. The predicted octanol–water partition coefficient (Wildman–Crippen LogP) is 5.27. The van der Waals surface area contributed by atoms with E-state index in [0.717, 1.165) is 17.4 Å². The molecule has 1 aromatic carbocycles. The molecule has 0 aliphatic heterocycles. The zero-order valence-electron chi connectivity index (χ0n) is 13.7. The Morgan fingerprint density at radius 2 is 1.96 bits per heavy atom. The Labute approximate surface area is 162 Å². The maximum absolute atomic E-state index is 13.7. The van der Waals surface area contributed by atoms with Gasteiger partial charge in [0, 0.05) is 23.0 Å². The fourth-order valence-corrected chi connectivity index (χ4v) is 3.85. The van der Waals surface area contributed by atoms with Gasteiger partial charge in [-0.15, -0.1) is 11.3 Å². The monoisotopic (exact) mass is 411 g/mol. The molecule has 5 nitrogen and oxygen atoms in total. The lowest BCUT2D eigenvalue weighted by atomic mass is 10.1. The molecule has 2 heterocycles. The van der Waals surface area contributed by atoms with Crippen molar-refractivity contribution in [1.82, 2.24) is 15.0 Å². The second kappa shape index (κ2) is 7.65. The van der Waals surface area contributed by atoms with E-state index in [2.05, 4.69) is 15.0 Å². The summed E-state index contributed by atoms with van der Waals surface area (Å²) in [5, 5.41) is 0.554. The number of carbonyl (C=O) groups is 1. The van der Waals surface area contributed by atoms with Crippen LogP contribution < -0.4 is 0 Å². The van der Waals surface area contributed by atoms with Gasteiger partial charge in [0.15, 0.2) is 10.8 Å². The van der Waals surface area contributed by atoms with Crippen LogP contribution in [0.5, 0.6) is 0 Å². The van der Waals surface area contributed by atoms with E-state index in [1.165, 1.54) is 6.07 Å². The zero-order chi connectivity index (χ0) is 18.8. The summed E-state index contributed by atoms with van der Waals surface area (Å²) in [6.45, 7) is 3.26. The highest BCUT2D eigenvalue weighted by Crippen LogP contribution is 2.35. The highest BCUT2D eigenvalue weighted by Gasteiger charge is 2.24. The first-order valence-electron chi connectivity index (χ1n) is 7.47. The molecule has 0 amide bonds. The van der Waals surface area contributed by atoms with Crippen molar-refractivity contribution < 1.29 is 13.9 Å². The topological polar surface area (TPSA) is 65.0 Å². The smallest absolute Gasteiger partial charge is 0.350 e. The third-order valence-electron chi connectivity index (χ3n) is 3.51. The van der Waals surface area contributed by atoms with E-state index < -0.39 is 17.9 Å². The average molecular weight is 412 g/mol. The van der Waals surface area contributed by atoms with Crippen LogP contribution in [-0.2, 0) is 4.74 Å². The minimum absolute atomic E-state index is 0.169. The van der Waals surface area contributed by atoms with Gasteiger partial charge >= 0.3 is 5.97 Å². The van der Waals surface area contributed by atoms with Crippen molar-refractivity contribution in [2.24, 2.45) is 0 Å². The van der Waals surface area contributed by atoms with Crippen LogP contribution in [0.15, 0.2) is 30.6 Å². The SMILES string of the molecule is Cc1nc(-c2ncccn2)sc1C(=O)OC(C)c1c(Cl)ccc(F)c1Cl. The highest BCUT2D eigenvalue weighted by atomic mass is 35.5. The Hall–Kier alpha value is -2.09. The van der Waals surface area contributed by atoms with Gasteiger partial charge in [0.25, 0.3) is 0 Å². The van der Waals surface area contributed by atoms with Crippen LogP contribution in [0.2, 0.25) is 10.0 Å². The molecule has 9 heteroatoms. The number of halogens is 3. The van der Waals surface area contributed by atoms with Crippen molar-refractivity contribution in [2.75, 3.05) is 0 Å². The zero-order valence-corrected chi connectivity index (χ0v) is 16.0. The van der Waals surface area contributed by atoms with Gasteiger partial charge in [-0.3, -0.25) is 0 Å². The molecule has 0 saturated carbocycles. The lowest BCUT2D eigenvalue weighted by Gasteiger charge is -2.16. The van der Waals surface area contributed by atoms with E-state index in [9.17, 15) is 9.18 Å². The lowest BCUT2D eigenvalue weighted by Crippen LogP contribution is -2.10. The molecule has 0 N–H and O–H groups in total. The van der Waals surface area contributed by atoms with Crippen LogP contribution in [0.1, 0.15) is 34.0 Å². The molecule has 3 rings (SSSR count). The van der Waals surface area contributed by atoms with E-state index in [1.807, 2.05) is 0 Å². The summed E-state index contributed by atoms with van der Waals surface area (Å²) in [6, 6.07) is 4.21. The molecule has 1 unspecified atom stereocenters. The van der Waals surface area contributed by atoms with Gasteiger partial charge < -0.3 is 4.74 Å². The van der Waals surface area contributed by atoms with Gasteiger partial charge in [0.1, 0.15) is 16.8 Å². The third kappa shape index (κ3) is 3.70. The van der Waals surface area contributed by atoms with E-state index >= 15 is 0 Å². The molecule has 134 valence electrons. The van der Waals surface area contributed by atoms with E-state index in [4.69, 9.17) is 27.9 Å². The Morgan fingerprint density at radius 1 is 1.27 bits per heavy atom. The lowest BCUT2D eigenvalue weighted by molar-refractivity contribution is 0.0342. The van der Waals surface area contributed by atoms with Crippen molar-refractivity contribution in [3.63, 3.8) is 0 Å². The van der Waals surface area contributed by atoms with Crippen LogP contribution in [0.4, 0.5) is 4.39 Å². The summed E-state index contributed by atoms with van der Waals surface area (Å²) in [6.07, 6.45) is 2.34. The molecule has 0 saturated heterocycles. The van der Waals surface area contributed by atoms with Gasteiger partial charge in [-0.2, -0.15) is 0 Å². The average Bonchev–Trinajstić information content (AvgIpc) is 3.01. The number of hydrogen-bond donors (Lipinski definition) is 0. The number of rotatable bonds is 4. The number of thiazole rings is 1. The van der Waals surface area contributed by atoms with Gasteiger partial charge in [-0.25, -0.2) is 24.1 Å². The Kier molecular flexibility index (Phi) is 5.50. The Balaban J connectivity index is 1.85. The van der Waals surface area contributed by atoms with Crippen molar-refractivity contribution in [3.8, 4) is 10.8 Å². The van der Waals surface area contributed by atoms with Crippen LogP contribution in [0.25, 0.3) is 10.8 Å². The van der Waals surface area contributed by atoms with Gasteiger partial charge in [0.2, 0.25) is 0 Å². The summed E-state index contributed by atoms with van der Waals surface area (Å²) >= 11 is 13.2. The van der Waals surface area contributed by atoms with Gasteiger partial charge in [-0.1, -0.05) is 23.2 Å². The maximum Gasteiger partial charge on any atom is 0.350 e. The summed E-state index contributed by atoms with van der Waals surface area (Å²) in [5.41, 5.74) is 0.710. The Morgan fingerprint density at radius 3 is 2.65 bits per heavy atom. The quantitative estimate of drug-likeness (QED) is 0.431. The molecule has 0 fully saturated rings. The normalized spacial score (nSPS) is 12.0. The number of aryl methyl sites for hydroxylation is 1. The van der Waals surface area contributed by atoms with Crippen molar-refractivity contribution in [1.29, 1.82) is 0 Å². The van der Waals surface area contributed by atoms with Crippen LogP contribution >= 0.6 is 34.5 Å². The molecule has 0 aliphatic rings. The number of esters is 1. The van der Waals surface area contributed by atoms with Crippen molar-refractivity contribution in [2.45, 2.75) is 20.0 Å². The summed E-state index contributed by atoms with van der Waals surface area (Å²) in [4.78, 5) is 25.4. The first kappa shape index (κ1) is 18.7. The van der Waals surface area contributed by atoms with Crippen molar-refractivity contribution in [3.05, 3.63) is 62.6 Å². The molecule has 0 bridgehead atoms. The molecule has 0 spiro atoms. The fraction of sp³-hybridized carbons (Fsp3) is 0.176. The first-order chi connectivity index (χ1) is 12.4. The van der Waals surface area contributed by atoms with Crippen molar-refractivity contribution >= 4 is 40.5 Å². The summed E-state index contributed by atoms with van der Waals surface area (Å²) < 4.78 is 19.1. The molecule has 0 aliphatic carbocycles. The minimum atomic E-state index is -0.837. The second-order valence-corrected chi connectivity index (χ2v) is 7.09. The molecule has 1 atom stereocenters. The third-order valence-corrected chi connectivity index (χ3v) is 5.36. The molecule has 3 aromatic rings. The molecule has 0 radical (unpaired) electrons. The highest BCUT2D eigenvalue weighted by molar-refractivity contribution is 7.16. The summed E-state index contributed by atoms with van der Waals surface area (Å²) in [7, 11) is 0. The first-order valence-corrected chi connectivity index (χ1v) is 9.05. The molecule has 2 aromatic heterocycles. The van der Waals surface area contributed by atoms with Crippen LogP contribution in [0.3, 0.4) is 0 Å². The largest absolute Gasteiger partial charge is 0.453 e. The minimum Gasteiger partial charge on any atom is -0.453 e. The van der Waals surface area contributed by atoms with Gasteiger partial charge in [0.05, 0.1) is 10.7 Å².